The number of hydrogen-bond acceptors (Lipinski definition) is 5. The number of aryl methyl sites for hydroxylation is 1. The third kappa shape index (κ3) is 3.91. The first-order valence-electron chi connectivity index (χ1n) is 8.93. The SMILES string of the molecule is C=CCN(C(=O)c1ccc([N+](=O)[O-])cc1)C1CC(=O)N(c2ccc(C)cc2)C1=O. The van der Waals surface area contributed by atoms with E-state index in [1.54, 1.807) is 24.3 Å². The summed E-state index contributed by atoms with van der Waals surface area (Å²) in [4.78, 5) is 51.1. The monoisotopic (exact) mass is 393 g/mol. The van der Waals surface area contributed by atoms with Gasteiger partial charge in [-0.3, -0.25) is 24.5 Å². The molecule has 1 aliphatic heterocycles. The average Bonchev–Trinajstić information content (AvgIpc) is 3.00. The fraction of sp³-hybridized carbons (Fsp3) is 0.190. The van der Waals surface area contributed by atoms with E-state index in [0.29, 0.717) is 5.69 Å². The van der Waals surface area contributed by atoms with Crippen LogP contribution in [-0.2, 0) is 9.59 Å². The molecule has 1 aliphatic rings. The number of carbonyl (C=O) groups is 3. The van der Waals surface area contributed by atoms with Gasteiger partial charge in [-0.15, -0.1) is 6.58 Å². The van der Waals surface area contributed by atoms with Gasteiger partial charge in [0.15, 0.2) is 0 Å². The molecule has 1 saturated heterocycles. The number of nitro benzene ring substituents is 1. The Kier molecular flexibility index (Phi) is 5.54. The molecule has 0 N–H and O–H groups in total. The zero-order chi connectivity index (χ0) is 21.1. The zero-order valence-corrected chi connectivity index (χ0v) is 15.8. The van der Waals surface area contributed by atoms with E-state index in [-0.39, 0.29) is 24.2 Å². The first-order chi connectivity index (χ1) is 13.8. The van der Waals surface area contributed by atoms with Crippen LogP contribution in [0.25, 0.3) is 0 Å². The summed E-state index contributed by atoms with van der Waals surface area (Å²) in [6, 6.07) is 11.1. The third-order valence-electron chi connectivity index (χ3n) is 4.70. The second kappa shape index (κ2) is 8.05. The van der Waals surface area contributed by atoms with Crippen LogP contribution in [0.1, 0.15) is 22.3 Å². The van der Waals surface area contributed by atoms with Crippen molar-refractivity contribution < 1.29 is 19.3 Å². The van der Waals surface area contributed by atoms with Gasteiger partial charge >= 0.3 is 0 Å². The fourth-order valence-corrected chi connectivity index (χ4v) is 3.21. The molecule has 0 spiro atoms. The van der Waals surface area contributed by atoms with Crippen molar-refractivity contribution in [3.63, 3.8) is 0 Å². The van der Waals surface area contributed by atoms with E-state index in [4.69, 9.17) is 0 Å². The highest BCUT2D eigenvalue weighted by molar-refractivity contribution is 6.23. The highest BCUT2D eigenvalue weighted by atomic mass is 16.6. The van der Waals surface area contributed by atoms with Crippen LogP contribution in [0.15, 0.2) is 61.2 Å². The van der Waals surface area contributed by atoms with Gasteiger partial charge in [-0.25, -0.2) is 4.90 Å². The topological polar surface area (TPSA) is 101 Å². The van der Waals surface area contributed by atoms with Crippen LogP contribution >= 0.6 is 0 Å². The fourth-order valence-electron chi connectivity index (χ4n) is 3.21. The summed E-state index contributed by atoms with van der Waals surface area (Å²) in [5.74, 6) is -1.39. The number of anilines is 1. The second-order valence-corrected chi connectivity index (χ2v) is 6.67. The molecule has 8 heteroatoms. The first-order valence-corrected chi connectivity index (χ1v) is 8.93. The van der Waals surface area contributed by atoms with Crippen molar-refractivity contribution >= 4 is 29.1 Å². The number of non-ortho nitro benzene ring substituents is 1. The van der Waals surface area contributed by atoms with Crippen LogP contribution in [0.5, 0.6) is 0 Å². The Labute approximate surface area is 167 Å². The van der Waals surface area contributed by atoms with Crippen molar-refractivity contribution in [2.45, 2.75) is 19.4 Å². The smallest absolute Gasteiger partial charge is 0.269 e. The van der Waals surface area contributed by atoms with Crippen LogP contribution in [0.2, 0.25) is 0 Å². The molecule has 1 atom stereocenters. The van der Waals surface area contributed by atoms with Gasteiger partial charge in [-0.1, -0.05) is 23.8 Å². The summed E-state index contributed by atoms with van der Waals surface area (Å²) in [5.41, 5.74) is 1.49. The van der Waals surface area contributed by atoms with E-state index in [1.807, 2.05) is 6.92 Å². The highest BCUT2D eigenvalue weighted by Gasteiger charge is 2.44. The normalized spacial score (nSPS) is 16.0. The molecule has 2 aromatic carbocycles. The number of benzene rings is 2. The Morgan fingerprint density at radius 3 is 2.38 bits per heavy atom. The quantitative estimate of drug-likeness (QED) is 0.325. The van der Waals surface area contributed by atoms with E-state index in [2.05, 4.69) is 6.58 Å². The van der Waals surface area contributed by atoms with Crippen LogP contribution < -0.4 is 4.90 Å². The summed E-state index contributed by atoms with van der Waals surface area (Å²) in [6.07, 6.45) is 1.33. The minimum Gasteiger partial charge on any atom is -0.322 e. The van der Waals surface area contributed by atoms with Gasteiger partial charge in [0.2, 0.25) is 5.91 Å². The molecule has 148 valence electrons. The molecule has 1 fully saturated rings. The van der Waals surface area contributed by atoms with Gasteiger partial charge in [0, 0.05) is 24.2 Å². The Balaban J connectivity index is 1.88. The number of carbonyl (C=O) groups excluding carboxylic acids is 3. The molecule has 3 amide bonds. The van der Waals surface area contributed by atoms with Crippen molar-refractivity contribution in [1.29, 1.82) is 0 Å². The molecule has 0 saturated carbocycles. The number of hydrogen-bond donors (Lipinski definition) is 0. The van der Waals surface area contributed by atoms with Crippen molar-refractivity contribution in [3.05, 3.63) is 82.4 Å². The van der Waals surface area contributed by atoms with Crippen molar-refractivity contribution in [3.8, 4) is 0 Å². The molecule has 1 heterocycles. The molecule has 1 unspecified atom stereocenters. The predicted octanol–water partition coefficient (Wildman–Crippen LogP) is 2.86. The lowest BCUT2D eigenvalue weighted by Gasteiger charge is -2.26. The van der Waals surface area contributed by atoms with E-state index in [1.165, 1.54) is 35.2 Å². The van der Waals surface area contributed by atoms with Gasteiger partial charge < -0.3 is 4.90 Å². The molecule has 0 radical (unpaired) electrons. The maximum Gasteiger partial charge on any atom is 0.269 e. The number of amides is 3. The molecule has 29 heavy (non-hydrogen) atoms. The predicted molar refractivity (Wildman–Crippen MR) is 106 cm³/mol. The highest BCUT2D eigenvalue weighted by Crippen LogP contribution is 2.27. The molecule has 0 aliphatic carbocycles. The minimum absolute atomic E-state index is 0.0568. The lowest BCUT2D eigenvalue weighted by molar-refractivity contribution is -0.384. The molecular formula is C21H19N3O5. The standard InChI is InChI=1S/C21H19N3O5/c1-3-12-22(20(26)15-6-10-17(11-7-15)24(28)29)18-13-19(25)23(21(18)27)16-8-4-14(2)5-9-16/h3-11,18H,1,12-13H2,2H3. The average molecular weight is 393 g/mol. The Morgan fingerprint density at radius 1 is 1.21 bits per heavy atom. The van der Waals surface area contributed by atoms with E-state index >= 15 is 0 Å². The van der Waals surface area contributed by atoms with Crippen molar-refractivity contribution in [2.24, 2.45) is 0 Å². The molecule has 0 bridgehead atoms. The van der Waals surface area contributed by atoms with Crippen LogP contribution in [-0.4, -0.2) is 40.1 Å². The summed E-state index contributed by atoms with van der Waals surface area (Å²) in [5, 5.41) is 10.8. The van der Waals surface area contributed by atoms with Gasteiger partial charge in [-0.2, -0.15) is 0 Å². The van der Waals surface area contributed by atoms with Crippen LogP contribution in [0, 0.1) is 17.0 Å². The molecule has 8 nitrogen and oxygen atoms in total. The molecule has 2 aromatic rings. The first kappa shape index (κ1) is 19.9. The van der Waals surface area contributed by atoms with Gasteiger partial charge in [-0.05, 0) is 31.2 Å². The third-order valence-corrected chi connectivity index (χ3v) is 4.70. The molecule has 0 aromatic heterocycles. The Morgan fingerprint density at radius 2 is 1.83 bits per heavy atom. The largest absolute Gasteiger partial charge is 0.322 e. The number of rotatable bonds is 6. The van der Waals surface area contributed by atoms with E-state index in [9.17, 15) is 24.5 Å². The minimum atomic E-state index is -0.968. The Bertz CT molecular complexity index is 982. The lowest BCUT2D eigenvalue weighted by atomic mass is 10.1. The van der Waals surface area contributed by atoms with Gasteiger partial charge in [0.25, 0.3) is 17.5 Å². The summed E-state index contributed by atoms with van der Waals surface area (Å²) in [7, 11) is 0. The van der Waals surface area contributed by atoms with Crippen molar-refractivity contribution in [1.82, 2.24) is 4.90 Å². The van der Waals surface area contributed by atoms with E-state index in [0.717, 1.165) is 10.5 Å². The molecular weight excluding hydrogens is 374 g/mol. The summed E-state index contributed by atoms with van der Waals surface area (Å²) >= 11 is 0. The summed E-state index contributed by atoms with van der Waals surface area (Å²) in [6.45, 7) is 5.58. The van der Waals surface area contributed by atoms with Crippen molar-refractivity contribution in [2.75, 3.05) is 11.4 Å². The number of nitrogens with zero attached hydrogens (tertiary/aromatic N) is 3. The molecule has 3 rings (SSSR count). The van der Waals surface area contributed by atoms with Gasteiger partial charge in [0.1, 0.15) is 6.04 Å². The van der Waals surface area contributed by atoms with Crippen LogP contribution in [0.4, 0.5) is 11.4 Å². The maximum atomic E-state index is 13.0. The Hall–Kier alpha value is -3.81. The number of imide groups is 1. The van der Waals surface area contributed by atoms with Gasteiger partial charge in [0.05, 0.1) is 17.0 Å². The lowest BCUT2D eigenvalue weighted by Crippen LogP contribution is -2.45. The van der Waals surface area contributed by atoms with Crippen LogP contribution in [0.3, 0.4) is 0 Å². The maximum absolute atomic E-state index is 13.0. The zero-order valence-electron chi connectivity index (χ0n) is 15.8. The summed E-state index contributed by atoms with van der Waals surface area (Å²) < 4.78 is 0. The van der Waals surface area contributed by atoms with E-state index < -0.39 is 28.7 Å². The number of nitro groups is 1. The second-order valence-electron chi connectivity index (χ2n) is 6.67.